The van der Waals surface area contributed by atoms with Gasteiger partial charge in [-0.25, -0.2) is 9.97 Å². The maximum Gasteiger partial charge on any atom is 0.182 e. The van der Waals surface area contributed by atoms with E-state index in [0.717, 1.165) is 41.2 Å². The molecule has 0 radical (unpaired) electrons. The number of carbonyl (C=O) groups excluding carboxylic acids is 1. The summed E-state index contributed by atoms with van der Waals surface area (Å²) in [5, 5.41) is 3.99. The van der Waals surface area contributed by atoms with Crippen molar-refractivity contribution >= 4 is 22.5 Å². The Morgan fingerprint density at radius 2 is 1.79 bits per heavy atom. The van der Waals surface area contributed by atoms with Crippen LogP contribution in [0.15, 0.2) is 42.5 Å². The Bertz CT molecular complexity index is 957. The number of hydrogen-bond donors (Lipinski definition) is 1. The summed E-state index contributed by atoms with van der Waals surface area (Å²) in [5.41, 5.74) is 4.32. The van der Waals surface area contributed by atoms with Crippen molar-refractivity contribution in [3.63, 3.8) is 0 Å². The second kappa shape index (κ2) is 5.11. The summed E-state index contributed by atoms with van der Waals surface area (Å²) in [4.78, 5) is 23.7. The highest BCUT2D eigenvalue weighted by molar-refractivity contribution is 6.15. The lowest BCUT2D eigenvalue weighted by Gasteiger charge is -2.19. The number of nitrogens with zero attached hydrogens (tertiary/aromatic N) is 3. The summed E-state index contributed by atoms with van der Waals surface area (Å²) in [7, 11) is 0. The Morgan fingerprint density at radius 3 is 2.58 bits per heavy atom. The molecule has 0 spiro atoms. The smallest absolute Gasteiger partial charge is 0.182 e. The maximum absolute atomic E-state index is 12.0. The van der Waals surface area contributed by atoms with Crippen LogP contribution in [-0.4, -0.2) is 27.2 Å². The molecule has 1 N–H and O–H groups in total. The van der Waals surface area contributed by atoms with E-state index in [4.69, 9.17) is 4.98 Å². The summed E-state index contributed by atoms with van der Waals surface area (Å²) in [6, 6.07) is 14.2. The van der Waals surface area contributed by atoms with Gasteiger partial charge < -0.3 is 5.32 Å². The molecule has 24 heavy (non-hydrogen) atoms. The summed E-state index contributed by atoms with van der Waals surface area (Å²) < 4.78 is 0. The van der Waals surface area contributed by atoms with E-state index in [1.54, 1.807) is 0 Å². The molecule has 5 nitrogen and oxygen atoms in total. The Balaban J connectivity index is 1.50. The van der Waals surface area contributed by atoms with E-state index in [-0.39, 0.29) is 5.78 Å². The highest BCUT2D eigenvalue weighted by Crippen LogP contribution is 2.29. The number of aromatic nitrogens is 2. The fourth-order valence-electron chi connectivity index (χ4n) is 3.64. The van der Waals surface area contributed by atoms with Crippen LogP contribution in [-0.2, 0) is 19.6 Å². The van der Waals surface area contributed by atoms with Crippen LogP contribution in [0.4, 0.5) is 5.82 Å². The number of anilines is 1. The van der Waals surface area contributed by atoms with Crippen molar-refractivity contribution in [3.8, 4) is 0 Å². The Hall–Kier alpha value is -2.79. The molecular formula is C19H16N4O. The van der Waals surface area contributed by atoms with Gasteiger partial charge in [-0.05, 0) is 17.2 Å². The third-order valence-electron chi connectivity index (χ3n) is 4.76. The van der Waals surface area contributed by atoms with Crippen molar-refractivity contribution < 1.29 is 4.79 Å². The van der Waals surface area contributed by atoms with Gasteiger partial charge in [-0.2, -0.15) is 0 Å². The molecule has 3 aromatic rings. The van der Waals surface area contributed by atoms with Crippen molar-refractivity contribution in [1.82, 2.24) is 14.9 Å². The quantitative estimate of drug-likeness (QED) is 0.788. The summed E-state index contributed by atoms with van der Waals surface area (Å²) in [5.74, 6) is 1.67. The number of Topliss-reactive ketones (excluding diaryl/α,β-unsaturated/α-hetero) is 1. The SMILES string of the molecule is O=C1CNc2nc(CN3Cc4ccccc4C3)nc3cccc1c23. The van der Waals surface area contributed by atoms with E-state index < -0.39 is 0 Å². The molecular weight excluding hydrogens is 300 g/mol. The minimum Gasteiger partial charge on any atom is -0.362 e. The molecule has 5 heteroatoms. The Labute approximate surface area is 139 Å². The van der Waals surface area contributed by atoms with Crippen LogP contribution in [0.1, 0.15) is 27.3 Å². The number of benzene rings is 2. The van der Waals surface area contributed by atoms with Gasteiger partial charge in [0.25, 0.3) is 0 Å². The number of ketones is 1. The molecule has 0 bridgehead atoms. The van der Waals surface area contributed by atoms with Crippen LogP contribution < -0.4 is 5.32 Å². The van der Waals surface area contributed by atoms with Gasteiger partial charge in [0.2, 0.25) is 0 Å². The molecule has 118 valence electrons. The molecule has 2 aromatic carbocycles. The van der Waals surface area contributed by atoms with E-state index in [1.165, 1.54) is 11.1 Å². The van der Waals surface area contributed by atoms with E-state index in [2.05, 4.69) is 39.5 Å². The minimum atomic E-state index is 0.0967. The van der Waals surface area contributed by atoms with Crippen LogP contribution in [0.3, 0.4) is 0 Å². The van der Waals surface area contributed by atoms with Crippen molar-refractivity contribution in [2.24, 2.45) is 0 Å². The van der Waals surface area contributed by atoms with Crippen molar-refractivity contribution in [1.29, 1.82) is 0 Å². The molecule has 0 saturated carbocycles. The first-order valence-electron chi connectivity index (χ1n) is 8.14. The van der Waals surface area contributed by atoms with Crippen molar-refractivity contribution in [2.45, 2.75) is 19.6 Å². The number of nitrogens with one attached hydrogen (secondary N) is 1. The lowest BCUT2D eigenvalue weighted by atomic mass is 10.0. The molecule has 0 atom stereocenters. The highest BCUT2D eigenvalue weighted by Gasteiger charge is 2.23. The highest BCUT2D eigenvalue weighted by atomic mass is 16.1. The predicted molar refractivity (Wildman–Crippen MR) is 91.8 cm³/mol. The molecule has 2 aliphatic rings. The first-order chi connectivity index (χ1) is 11.8. The summed E-state index contributed by atoms with van der Waals surface area (Å²) >= 11 is 0. The number of carbonyl (C=O) groups is 1. The maximum atomic E-state index is 12.0. The first-order valence-corrected chi connectivity index (χ1v) is 8.14. The minimum absolute atomic E-state index is 0.0967. The third kappa shape index (κ3) is 2.09. The van der Waals surface area contributed by atoms with Gasteiger partial charge in [-0.3, -0.25) is 9.69 Å². The van der Waals surface area contributed by atoms with E-state index >= 15 is 0 Å². The fraction of sp³-hybridized carbons (Fsp3) is 0.211. The van der Waals surface area contributed by atoms with Crippen molar-refractivity contribution in [2.75, 3.05) is 11.9 Å². The zero-order valence-corrected chi connectivity index (χ0v) is 13.1. The van der Waals surface area contributed by atoms with Crippen LogP contribution in [0.5, 0.6) is 0 Å². The first kappa shape index (κ1) is 13.6. The summed E-state index contributed by atoms with van der Waals surface area (Å²) in [6.45, 7) is 2.87. The zero-order chi connectivity index (χ0) is 16.1. The number of hydrogen-bond acceptors (Lipinski definition) is 5. The van der Waals surface area contributed by atoms with E-state index in [9.17, 15) is 4.79 Å². The number of rotatable bonds is 2. The van der Waals surface area contributed by atoms with Gasteiger partial charge in [0.05, 0.1) is 24.0 Å². The molecule has 0 unspecified atom stereocenters. The molecule has 3 heterocycles. The van der Waals surface area contributed by atoms with E-state index in [1.807, 2.05) is 18.2 Å². The van der Waals surface area contributed by atoms with Crippen molar-refractivity contribution in [3.05, 3.63) is 65.0 Å². The third-order valence-corrected chi connectivity index (χ3v) is 4.76. The van der Waals surface area contributed by atoms with Crippen LogP contribution >= 0.6 is 0 Å². The Morgan fingerprint density at radius 1 is 1.00 bits per heavy atom. The van der Waals surface area contributed by atoms with Gasteiger partial charge >= 0.3 is 0 Å². The summed E-state index contributed by atoms with van der Waals surface area (Å²) in [6.07, 6.45) is 0. The lowest BCUT2D eigenvalue weighted by Crippen LogP contribution is -2.23. The fourth-order valence-corrected chi connectivity index (χ4v) is 3.64. The van der Waals surface area contributed by atoms with Gasteiger partial charge in [-0.1, -0.05) is 36.4 Å². The second-order valence-electron chi connectivity index (χ2n) is 6.38. The lowest BCUT2D eigenvalue weighted by molar-refractivity contribution is 0.101. The van der Waals surface area contributed by atoms with Gasteiger partial charge in [0.1, 0.15) is 11.6 Å². The molecule has 5 rings (SSSR count). The molecule has 0 saturated heterocycles. The number of fused-ring (bicyclic) bond motifs is 1. The van der Waals surface area contributed by atoms with Gasteiger partial charge in [-0.15, -0.1) is 0 Å². The standard InChI is InChI=1S/C19H16N4O/c24-16-8-20-19-18-14(16)6-3-7-15(18)21-17(22-19)11-23-9-12-4-1-2-5-13(12)10-23/h1-7H,8-11H2,(H,20,21,22). The van der Waals surface area contributed by atoms with Crippen LogP contribution in [0, 0.1) is 0 Å². The average Bonchev–Trinajstić information content (AvgIpc) is 3.00. The average molecular weight is 316 g/mol. The second-order valence-corrected chi connectivity index (χ2v) is 6.38. The molecule has 0 aliphatic carbocycles. The zero-order valence-electron chi connectivity index (χ0n) is 13.1. The monoisotopic (exact) mass is 316 g/mol. The van der Waals surface area contributed by atoms with Gasteiger partial charge in [0.15, 0.2) is 5.78 Å². The van der Waals surface area contributed by atoms with E-state index in [0.29, 0.717) is 13.1 Å². The Kier molecular flexibility index (Phi) is 2.90. The predicted octanol–water partition coefficient (Wildman–Crippen LogP) is 2.75. The molecule has 1 aromatic heterocycles. The topological polar surface area (TPSA) is 58.1 Å². The van der Waals surface area contributed by atoms with Gasteiger partial charge in [0, 0.05) is 18.7 Å². The molecule has 0 amide bonds. The molecule has 0 fully saturated rings. The van der Waals surface area contributed by atoms with Crippen LogP contribution in [0.2, 0.25) is 0 Å². The molecule has 2 aliphatic heterocycles. The normalized spacial score (nSPS) is 16.2. The van der Waals surface area contributed by atoms with Crippen LogP contribution in [0.25, 0.3) is 10.9 Å². The largest absolute Gasteiger partial charge is 0.362 e.